The molecule has 4 aromatic carbocycles. The van der Waals surface area contributed by atoms with Crippen LogP contribution in [0.3, 0.4) is 0 Å². The van der Waals surface area contributed by atoms with Crippen molar-refractivity contribution in [2.75, 3.05) is 19.8 Å². The predicted molar refractivity (Wildman–Crippen MR) is 258 cm³/mol. The number of benzene rings is 4. The highest BCUT2D eigenvalue weighted by Gasteiger charge is 2.49. The first-order valence-corrected chi connectivity index (χ1v) is 23.8. The van der Waals surface area contributed by atoms with Crippen molar-refractivity contribution in [2.24, 2.45) is 0 Å². The third kappa shape index (κ3) is 12.8. The maximum Gasteiger partial charge on any atom is 0.330 e. The van der Waals surface area contributed by atoms with Crippen molar-refractivity contribution in [3.63, 3.8) is 0 Å². The van der Waals surface area contributed by atoms with Crippen LogP contribution in [0.4, 0.5) is 0 Å². The summed E-state index contributed by atoms with van der Waals surface area (Å²) in [5, 5.41) is 179. The second-order valence-corrected chi connectivity index (χ2v) is 18.3. The molecule has 0 aromatic heterocycles. The fraction of sp³-hybridized carbons (Fsp3) is 0.373. The highest BCUT2D eigenvalue weighted by molar-refractivity contribution is 5.87. The number of ether oxygens (including phenoxy) is 9. The standard InChI is InChI=1S/C51H54O28/c52-16-33-39(62)42(65)45(68)51(77-33)76-32-15-23-29(13-22(53)14-30(23)74-49-46(69)43(66)40(63)34(78-49)17-71-36(59)7-3-19-1-5-24(54)26(56)9-19)73-48(32)21-11-28(58)38(61)31(12-21)75-50-47(70)44(67)41(64)35(79-50)18-72-37(60)8-4-20-2-6-25(55)27(57)10-20/h1-15,33-35,39-58,61-70H,16-18H2/b7-3+,8-4+/t33-,34-,35-,39-,40-,41-,42+,43+,44+,45-,46-,47-,48?,49-,50-,51-/m1/s1. The van der Waals surface area contributed by atoms with E-state index in [0.29, 0.717) is 5.56 Å². The van der Waals surface area contributed by atoms with Gasteiger partial charge in [-0.15, -0.1) is 0 Å². The van der Waals surface area contributed by atoms with Gasteiger partial charge in [0.25, 0.3) is 0 Å². The van der Waals surface area contributed by atoms with E-state index in [1.807, 2.05) is 0 Å². The van der Waals surface area contributed by atoms with Crippen LogP contribution in [0.1, 0.15) is 28.4 Å². The molecule has 0 spiro atoms. The van der Waals surface area contributed by atoms with Crippen LogP contribution in [0.25, 0.3) is 18.2 Å². The van der Waals surface area contributed by atoms with Gasteiger partial charge in [-0.05, 0) is 65.8 Å². The fourth-order valence-electron chi connectivity index (χ4n) is 8.40. The van der Waals surface area contributed by atoms with Crippen molar-refractivity contribution in [3.8, 4) is 57.5 Å². The van der Waals surface area contributed by atoms with Crippen LogP contribution in [-0.4, -0.2) is 211 Å². The lowest BCUT2D eigenvalue weighted by molar-refractivity contribution is -0.293. The molecule has 0 amide bonds. The number of rotatable bonds is 16. The lowest BCUT2D eigenvalue weighted by Crippen LogP contribution is -2.60. The highest BCUT2D eigenvalue weighted by Crippen LogP contribution is 2.48. The molecule has 28 heteroatoms. The molecule has 4 aliphatic rings. The SMILES string of the molecule is O=C(/C=C/c1ccc(O)c(O)c1)OC[C@H]1O[C@@H](Oc2cc(C3Oc4cc(O)cc(O[C@@H]5O[C@H](COC(=O)/C=C/c6ccc(O)c(O)c6)[C@@H](O)[C@H](O)[C@H]5O)c4C=C3O[C@@H]3O[C@H](CO)[C@@H](O)[C@H](O)[C@H]3O)cc(O)c2O)[C@H](O)[C@@H](O)[C@@H]1O. The van der Waals surface area contributed by atoms with Gasteiger partial charge in [0.2, 0.25) is 24.6 Å². The van der Waals surface area contributed by atoms with E-state index in [0.717, 1.165) is 54.6 Å². The van der Waals surface area contributed by atoms with E-state index in [4.69, 9.17) is 42.6 Å². The van der Waals surface area contributed by atoms with Crippen LogP contribution in [0, 0.1) is 0 Å². The van der Waals surface area contributed by atoms with Gasteiger partial charge in [0, 0.05) is 29.8 Å². The van der Waals surface area contributed by atoms with Crippen LogP contribution in [0.15, 0.2) is 78.6 Å². The molecule has 0 radical (unpaired) electrons. The topological polar surface area (TPSA) is 461 Å². The Morgan fingerprint density at radius 2 is 0.962 bits per heavy atom. The Hall–Kier alpha value is -7.68. The minimum absolute atomic E-state index is 0.175. The average molecular weight is 1110 g/mol. The smallest absolute Gasteiger partial charge is 0.330 e. The van der Waals surface area contributed by atoms with Gasteiger partial charge in [-0.1, -0.05) is 12.1 Å². The molecule has 1 unspecified atom stereocenters. The van der Waals surface area contributed by atoms with Gasteiger partial charge in [-0.25, -0.2) is 9.59 Å². The summed E-state index contributed by atoms with van der Waals surface area (Å²) in [6.45, 7) is -2.39. The third-order valence-corrected chi connectivity index (χ3v) is 12.8. The number of aliphatic hydroxyl groups excluding tert-OH is 10. The van der Waals surface area contributed by atoms with Crippen LogP contribution >= 0.6 is 0 Å². The van der Waals surface area contributed by atoms with Crippen LogP contribution in [-0.2, 0) is 38.0 Å². The summed E-state index contributed by atoms with van der Waals surface area (Å²) < 4.78 is 51.3. The number of hydrogen-bond donors (Lipinski definition) is 17. The quantitative estimate of drug-likeness (QED) is 0.0322. The molecule has 4 aromatic rings. The Balaban J connectivity index is 1.05. The van der Waals surface area contributed by atoms with Crippen molar-refractivity contribution in [2.45, 2.75) is 98.2 Å². The maximum atomic E-state index is 12.6. The molecule has 4 heterocycles. The zero-order valence-electron chi connectivity index (χ0n) is 40.6. The second-order valence-electron chi connectivity index (χ2n) is 18.3. The summed E-state index contributed by atoms with van der Waals surface area (Å²) in [7, 11) is 0. The number of carbonyl (C=O) groups excluding carboxylic acids is 2. The molecule has 0 saturated carbocycles. The number of hydrogen-bond acceptors (Lipinski definition) is 28. The molecule has 4 aliphatic heterocycles. The number of aliphatic hydroxyl groups is 10. The first-order valence-electron chi connectivity index (χ1n) is 23.8. The monoisotopic (exact) mass is 1110 g/mol. The summed E-state index contributed by atoms with van der Waals surface area (Å²) in [5.41, 5.74) is 0.165. The Morgan fingerprint density at radius 1 is 0.494 bits per heavy atom. The summed E-state index contributed by atoms with van der Waals surface area (Å²) in [5.74, 6) is -8.13. The van der Waals surface area contributed by atoms with E-state index in [2.05, 4.69) is 0 Å². The number of phenols is 7. The summed E-state index contributed by atoms with van der Waals surface area (Å²) in [6.07, 6.45) is -24.6. The molecule has 426 valence electrons. The fourth-order valence-corrected chi connectivity index (χ4v) is 8.40. The Morgan fingerprint density at radius 3 is 1.46 bits per heavy atom. The number of phenolic OH excluding ortho intramolecular Hbond substituents is 7. The van der Waals surface area contributed by atoms with Gasteiger partial charge in [0.15, 0.2) is 40.6 Å². The molecule has 8 rings (SSSR count). The van der Waals surface area contributed by atoms with E-state index < -0.39 is 187 Å². The molecule has 28 nitrogen and oxygen atoms in total. The molecule has 79 heavy (non-hydrogen) atoms. The van der Waals surface area contributed by atoms with Gasteiger partial charge in [0.1, 0.15) is 109 Å². The second kappa shape index (κ2) is 24.1. The highest BCUT2D eigenvalue weighted by atomic mass is 16.7. The molecule has 3 saturated heterocycles. The van der Waals surface area contributed by atoms with Gasteiger partial charge in [-0.3, -0.25) is 0 Å². The van der Waals surface area contributed by atoms with Crippen LogP contribution in [0.5, 0.6) is 57.5 Å². The van der Waals surface area contributed by atoms with E-state index >= 15 is 0 Å². The Kier molecular flexibility index (Phi) is 17.6. The number of carbonyl (C=O) groups is 2. The molecule has 17 N–H and O–H groups in total. The molecule has 0 bridgehead atoms. The van der Waals surface area contributed by atoms with Crippen molar-refractivity contribution >= 4 is 30.2 Å². The van der Waals surface area contributed by atoms with E-state index in [-0.39, 0.29) is 22.4 Å². The van der Waals surface area contributed by atoms with Crippen molar-refractivity contribution in [1.29, 1.82) is 0 Å². The number of aromatic hydroxyl groups is 7. The van der Waals surface area contributed by atoms with Gasteiger partial charge in [0.05, 0.1) is 12.2 Å². The van der Waals surface area contributed by atoms with E-state index in [1.54, 1.807) is 0 Å². The van der Waals surface area contributed by atoms with E-state index in [1.165, 1.54) is 36.4 Å². The molecule has 0 aliphatic carbocycles. The predicted octanol–water partition coefficient (Wildman–Crippen LogP) is -2.20. The molecular weight excluding hydrogens is 1060 g/mol. The van der Waals surface area contributed by atoms with Crippen molar-refractivity contribution in [3.05, 3.63) is 101 Å². The Labute approximate surface area is 444 Å². The van der Waals surface area contributed by atoms with Crippen molar-refractivity contribution < 1.29 is 139 Å². The number of fused-ring (bicyclic) bond motifs is 1. The van der Waals surface area contributed by atoms with Gasteiger partial charge < -0.3 is 129 Å². The number of esters is 2. The zero-order chi connectivity index (χ0) is 57.1. The molecular formula is C51H54O28. The molecule has 16 atom stereocenters. The maximum absolute atomic E-state index is 12.6. The van der Waals surface area contributed by atoms with Crippen LogP contribution < -0.4 is 14.2 Å². The minimum atomic E-state index is -2.09. The van der Waals surface area contributed by atoms with Gasteiger partial charge >= 0.3 is 11.9 Å². The van der Waals surface area contributed by atoms with Crippen molar-refractivity contribution in [1.82, 2.24) is 0 Å². The summed E-state index contributed by atoms with van der Waals surface area (Å²) >= 11 is 0. The summed E-state index contributed by atoms with van der Waals surface area (Å²) in [4.78, 5) is 25.2. The largest absolute Gasteiger partial charge is 0.508 e. The zero-order valence-corrected chi connectivity index (χ0v) is 40.6. The molecule has 3 fully saturated rings. The van der Waals surface area contributed by atoms with Crippen LogP contribution in [0.2, 0.25) is 0 Å². The van der Waals surface area contributed by atoms with Gasteiger partial charge in [-0.2, -0.15) is 0 Å². The first kappa shape index (κ1) is 57.5. The average Bonchev–Trinajstić information content (AvgIpc) is 3.44. The first-order chi connectivity index (χ1) is 37.5. The third-order valence-electron chi connectivity index (χ3n) is 12.8. The van der Waals surface area contributed by atoms with E-state index in [9.17, 15) is 96.4 Å². The minimum Gasteiger partial charge on any atom is -0.508 e. The Bertz CT molecular complexity index is 2940. The normalized spacial score (nSPS) is 30.7. The lowest BCUT2D eigenvalue weighted by atomic mass is 9.98. The summed E-state index contributed by atoms with van der Waals surface area (Å²) in [6, 6.07) is 11.3. The lowest BCUT2D eigenvalue weighted by Gasteiger charge is -2.41.